The average molecular weight is 484 g/mol. The van der Waals surface area contributed by atoms with Gasteiger partial charge in [-0.1, -0.05) is 23.5 Å². The molecule has 8 nitrogen and oxygen atoms in total. The van der Waals surface area contributed by atoms with Gasteiger partial charge >= 0.3 is 0 Å². The summed E-state index contributed by atoms with van der Waals surface area (Å²) in [6, 6.07) is 18.0. The highest BCUT2D eigenvalue weighted by atomic mass is 32.2. The smallest absolute Gasteiger partial charge is 0.264 e. The van der Waals surface area contributed by atoms with Crippen molar-refractivity contribution in [2.75, 3.05) is 30.9 Å². The summed E-state index contributed by atoms with van der Waals surface area (Å²) in [5, 5.41) is 3.20. The van der Waals surface area contributed by atoms with Gasteiger partial charge < -0.3 is 9.47 Å². The molecule has 170 valence electrons. The van der Waals surface area contributed by atoms with Gasteiger partial charge in [-0.25, -0.2) is 13.4 Å². The number of anilines is 2. The minimum Gasteiger partial charge on any atom is -0.497 e. The molecule has 0 saturated heterocycles. The van der Waals surface area contributed by atoms with Crippen molar-refractivity contribution in [2.45, 2.75) is 4.90 Å². The normalized spacial score (nSPS) is 11.2. The van der Waals surface area contributed by atoms with E-state index >= 15 is 0 Å². The number of para-hydroxylation sites is 2. The van der Waals surface area contributed by atoms with Gasteiger partial charge in [0.05, 0.1) is 35.0 Å². The van der Waals surface area contributed by atoms with Crippen molar-refractivity contribution in [1.82, 2.24) is 4.98 Å². The number of sulfonamides is 1. The average Bonchev–Trinajstić information content (AvgIpc) is 3.24. The number of carbonyl (C=O) groups is 1. The van der Waals surface area contributed by atoms with E-state index in [1.54, 1.807) is 37.4 Å². The number of ether oxygens (including phenoxy) is 2. The van der Waals surface area contributed by atoms with Crippen LogP contribution in [0.2, 0.25) is 0 Å². The Hall–Kier alpha value is -3.63. The second kappa shape index (κ2) is 9.08. The number of aromatic nitrogens is 1. The number of nitrogens with one attached hydrogen (secondary N) is 1. The van der Waals surface area contributed by atoms with E-state index in [0.29, 0.717) is 27.9 Å². The number of carbonyl (C=O) groups excluding carboxylic acids is 1. The van der Waals surface area contributed by atoms with Crippen LogP contribution in [0.4, 0.5) is 10.8 Å². The molecule has 0 radical (unpaired) electrons. The van der Waals surface area contributed by atoms with Gasteiger partial charge in [0.1, 0.15) is 11.5 Å². The lowest BCUT2D eigenvalue weighted by Gasteiger charge is -2.21. The summed E-state index contributed by atoms with van der Waals surface area (Å²) < 4.78 is 38.7. The number of nitrogens with zero attached hydrogens (tertiary/aromatic N) is 2. The Bertz CT molecular complexity index is 1420. The molecule has 0 atom stereocenters. The molecule has 3 aromatic carbocycles. The lowest BCUT2D eigenvalue weighted by atomic mass is 10.2. The van der Waals surface area contributed by atoms with E-state index in [1.807, 2.05) is 12.1 Å². The highest BCUT2D eigenvalue weighted by molar-refractivity contribution is 7.92. The third kappa shape index (κ3) is 4.48. The molecule has 1 aromatic heterocycles. The molecule has 4 rings (SSSR count). The van der Waals surface area contributed by atoms with Gasteiger partial charge in [0.25, 0.3) is 15.9 Å². The number of benzene rings is 3. The third-order valence-corrected chi connectivity index (χ3v) is 7.73. The van der Waals surface area contributed by atoms with Crippen LogP contribution in [0.25, 0.3) is 10.2 Å². The molecule has 1 N–H and O–H groups in total. The van der Waals surface area contributed by atoms with Crippen LogP contribution >= 0.6 is 11.3 Å². The maximum absolute atomic E-state index is 13.1. The van der Waals surface area contributed by atoms with Gasteiger partial charge in [0.2, 0.25) is 0 Å². The fourth-order valence-electron chi connectivity index (χ4n) is 3.21. The Kier molecular flexibility index (Phi) is 6.21. The summed E-state index contributed by atoms with van der Waals surface area (Å²) in [5.74, 6) is 0.759. The van der Waals surface area contributed by atoms with Crippen LogP contribution in [0.3, 0.4) is 0 Å². The van der Waals surface area contributed by atoms with Crippen molar-refractivity contribution in [3.05, 3.63) is 72.3 Å². The molecule has 0 aliphatic rings. The van der Waals surface area contributed by atoms with E-state index in [0.717, 1.165) is 14.5 Å². The van der Waals surface area contributed by atoms with Gasteiger partial charge in [-0.2, -0.15) is 0 Å². The number of rotatable bonds is 7. The van der Waals surface area contributed by atoms with Crippen LogP contribution in [0.1, 0.15) is 10.4 Å². The molecule has 1 heterocycles. The Labute approximate surface area is 195 Å². The van der Waals surface area contributed by atoms with Crippen molar-refractivity contribution < 1.29 is 22.7 Å². The Morgan fingerprint density at radius 2 is 1.73 bits per heavy atom. The maximum Gasteiger partial charge on any atom is 0.264 e. The van der Waals surface area contributed by atoms with Gasteiger partial charge in [0, 0.05) is 12.6 Å². The highest BCUT2D eigenvalue weighted by Gasteiger charge is 2.24. The number of hydrogen-bond acceptors (Lipinski definition) is 7. The Balaban J connectivity index is 1.53. The molecule has 4 aromatic rings. The zero-order valence-electron chi connectivity index (χ0n) is 18.1. The minimum absolute atomic E-state index is 0.0551. The first-order chi connectivity index (χ1) is 15.8. The second-order valence-electron chi connectivity index (χ2n) is 6.98. The fourth-order valence-corrected chi connectivity index (χ4v) is 5.31. The first-order valence-electron chi connectivity index (χ1n) is 9.81. The van der Waals surface area contributed by atoms with E-state index in [1.165, 1.54) is 49.8 Å². The van der Waals surface area contributed by atoms with Crippen LogP contribution in [-0.4, -0.2) is 40.6 Å². The number of thiazole rings is 1. The molecule has 0 fully saturated rings. The quantitative estimate of drug-likeness (QED) is 0.419. The number of methoxy groups -OCH3 is 2. The monoisotopic (exact) mass is 483 g/mol. The highest BCUT2D eigenvalue weighted by Crippen LogP contribution is 2.31. The summed E-state index contributed by atoms with van der Waals surface area (Å²) in [7, 11) is 0.671. The predicted octanol–water partition coefficient (Wildman–Crippen LogP) is 4.39. The molecular formula is C23H21N3O5S2. The predicted molar refractivity (Wildman–Crippen MR) is 129 cm³/mol. The maximum atomic E-state index is 13.1. The fraction of sp³-hybridized carbons (Fsp3) is 0.130. The largest absolute Gasteiger partial charge is 0.497 e. The van der Waals surface area contributed by atoms with Crippen molar-refractivity contribution >= 4 is 48.3 Å². The van der Waals surface area contributed by atoms with E-state index in [4.69, 9.17) is 9.47 Å². The number of hydrogen-bond donors (Lipinski definition) is 1. The first kappa shape index (κ1) is 22.6. The van der Waals surface area contributed by atoms with Crippen LogP contribution in [0, 0.1) is 0 Å². The summed E-state index contributed by atoms with van der Waals surface area (Å²) >= 11 is 1.32. The second-order valence-corrected chi connectivity index (χ2v) is 9.98. The summed E-state index contributed by atoms with van der Waals surface area (Å²) in [6.45, 7) is 0. The van der Waals surface area contributed by atoms with Crippen LogP contribution in [0.15, 0.2) is 71.6 Å². The summed E-state index contributed by atoms with van der Waals surface area (Å²) in [6.07, 6.45) is 0. The Morgan fingerprint density at radius 1 is 1.00 bits per heavy atom. The lowest BCUT2D eigenvalue weighted by molar-refractivity contribution is 0.102. The standard InChI is InChI=1S/C23H21N3O5S2/c1-26(19-6-4-5-7-20(19)31-3)33(28,29)17-11-8-15(9-12-17)22(27)25-23-24-18-13-10-16(30-2)14-21(18)32-23/h4-14H,1-3H3,(H,24,25,27). The van der Waals surface area contributed by atoms with Crippen LogP contribution in [-0.2, 0) is 10.0 Å². The minimum atomic E-state index is -3.85. The molecule has 0 saturated carbocycles. The third-order valence-electron chi connectivity index (χ3n) is 5.02. The Morgan fingerprint density at radius 3 is 2.42 bits per heavy atom. The zero-order valence-corrected chi connectivity index (χ0v) is 19.7. The molecule has 1 amide bonds. The van der Waals surface area contributed by atoms with Crippen molar-refractivity contribution in [1.29, 1.82) is 0 Å². The van der Waals surface area contributed by atoms with Gasteiger partial charge in [-0.15, -0.1) is 0 Å². The van der Waals surface area contributed by atoms with Crippen LogP contribution < -0.4 is 19.1 Å². The number of amides is 1. The molecule has 10 heteroatoms. The molecule has 0 spiro atoms. The molecular weight excluding hydrogens is 462 g/mol. The van der Waals surface area contributed by atoms with Gasteiger partial charge in [0.15, 0.2) is 5.13 Å². The topological polar surface area (TPSA) is 97.8 Å². The van der Waals surface area contributed by atoms with Crippen LogP contribution in [0.5, 0.6) is 11.5 Å². The first-order valence-corrected chi connectivity index (χ1v) is 12.1. The van der Waals surface area contributed by atoms with E-state index in [9.17, 15) is 13.2 Å². The van der Waals surface area contributed by atoms with Crippen molar-refractivity contribution in [3.63, 3.8) is 0 Å². The van der Waals surface area contributed by atoms with E-state index in [2.05, 4.69) is 10.3 Å². The van der Waals surface area contributed by atoms with E-state index in [-0.39, 0.29) is 10.8 Å². The SMILES string of the molecule is COc1ccc2nc(NC(=O)c3ccc(S(=O)(=O)N(C)c4ccccc4OC)cc3)sc2c1. The molecule has 0 unspecified atom stereocenters. The molecule has 0 bridgehead atoms. The summed E-state index contributed by atoms with van der Waals surface area (Å²) in [4.78, 5) is 17.1. The molecule has 0 aliphatic carbocycles. The summed E-state index contributed by atoms with van der Waals surface area (Å²) in [5.41, 5.74) is 1.47. The lowest BCUT2D eigenvalue weighted by Crippen LogP contribution is -2.27. The molecule has 0 aliphatic heterocycles. The van der Waals surface area contributed by atoms with Gasteiger partial charge in [-0.3, -0.25) is 14.4 Å². The van der Waals surface area contributed by atoms with Crippen molar-refractivity contribution in [3.8, 4) is 11.5 Å². The zero-order chi connectivity index (χ0) is 23.6. The molecule has 33 heavy (non-hydrogen) atoms. The van der Waals surface area contributed by atoms with E-state index < -0.39 is 10.0 Å². The number of fused-ring (bicyclic) bond motifs is 1. The van der Waals surface area contributed by atoms with Gasteiger partial charge in [-0.05, 0) is 54.6 Å². The van der Waals surface area contributed by atoms with Crippen molar-refractivity contribution in [2.24, 2.45) is 0 Å².